The Morgan fingerprint density at radius 1 is 1.34 bits per heavy atom. The minimum atomic E-state index is -0.180. The minimum absolute atomic E-state index is 0.0123. The van der Waals surface area contributed by atoms with Gasteiger partial charge in [0.15, 0.2) is 0 Å². The van der Waals surface area contributed by atoms with Gasteiger partial charge in [0.05, 0.1) is 13.2 Å². The lowest BCUT2D eigenvalue weighted by Gasteiger charge is -2.32. The molecule has 1 fully saturated rings. The highest BCUT2D eigenvalue weighted by molar-refractivity contribution is 8.02. The van der Waals surface area contributed by atoms with E-state index in [1.807, 2.05) is 48.7 Å². The summed E-state index contributed by atoms with van der Waals surface area (Å²) >= 11 is 1.53. The van der Waals surface area contributed by atoms with E-state index in [4.69, 9.17) is 9.47 Å². The Morgan fingerprint density at radius 3 is 2.90 bits per heavy atom. The van der Waals surface area contributed by atoms with Gasteiger partial charge in [-0.3, -0.25) is 4.79 Å². The zero-order valence-corrected chi connectivity index (χ0v) is 17.9. The second kappa shape index (κ2) is 10.4. The second-order valence-corrected chi connectivity index (χ2v) is 8.16. The third-order valence-electron chi connectivity index (χ3n) is 4.39. The van der Waals surface area contributed by atoms with Gasteiger partial charge in [-0.1, -0.05) is 43.8 Å². The van der Waals surface area contributed by atoms with Crippen LogP contribution in [0.25, 0.3) is 0 Å². The molecule has 1 aliphatic rings. The molecule has 0 radical (unpaired) electrons. The normalized spacial score (nSPS) is 17.1. The molecule has 6 nitrogen and oxygen atoms in total. The molecule has 154 valence electrons. The molecule has 0 N–H and O–H groups in total. The standard InChI is InChI=1S/C22H27N3O3S/c1-16(2)22-23-17(3)13-20(24-22)28-15-18-14-25(10-11-27-18)21(26)9-12-29-19-7-5-4-6-8-19/h4-9,12-13,16,18H,10-11,14-15H2,1-3H3. The largest absolute Gasteiger partial charge is 0.475 e. The van der Waals surface area contributed by atoms with Gasteiger partial charge in [-0.15, -0.1) is 0 Å². The van der Waals surface area contributed by atoms with E-state index in [1.165, 1.54) is 11.8 Å². The highest BCUT2D eigenvalue weighted by atomic mass is 32.2. The molecule has 1 saturated heterocycles. The molecule has 1 atom stereocenters. The van der Waals surface area contributed by atoms with Crippen LogP contribution in [-0.4, -0.2) is 53.2 Å². The summed E-state index contributed by atoms with van der Waals surface area (Å²) in [6.45, 7) is 7.96. The fraction of sp³-hybridized carbons (Fsp3) is 0.409. The third kappa shape index (κ3) is 6.58. The van der Waals surface area contributed by atoms with Gasteiger partial charge in [0.25, 0.3) is 0 Å². The quantitative estimate of drug-likeness (QED) is 0.508. The molecule has 1 aliphatic heterocycles. The summed E-state index contributed by atoms with van der Waals surface area (Å²) in [5.41, 5.74) is 0.876. The number of benzene rings is 1. The van der Waals surface area contributed by atoms with Crippen molar-refractivity contribution in [2.75, 3.05) is 26.3 Å². The maximum Gasteiger partial charge on any atom is 0.247 e. The van der Waals surface area contributed by atoms with Crippen molar-refractivity contribution in [2.24, 2.45) is 0 Å². The first-order valence-electron chi connectivity index (χ1n) is 9.78. The van der Waals surface area contributed by atoms with Crippen molar-refractivity contribution < 1.29 is 14.3 Å². The Morgan fingerprint density at radius 2 is 2.14 bits per heavy atom. The lowest BCUT2D eigenvalue weighted by molar-refractivity contribution is -0.134. The van der Waals surface area contributed by atoms with Crippen molar-refractivity contribution in [3.63, 3.8) is 0 Å². The van der Waals surface area contributed by atoms with Gasteiger partial charge in [-0.2, -0.15) is 4.98 Å². The van der Waals surface area contributed by atoms with Crippen molar-refractivity contribution in [3.8, 4) is 5.88 Å². The highest BCUT2D eigenvalue weighted by Crippen LogP contribution is 2.19. The predicted octanol–water partition coefficient (Wildman–Crippen LogP) is 3.82. The van der Waals surface area contributed by atoms with Crippen LogP contribution in [0.2, 0.25) is 0 Å². The molecule has 7 heteroatoms. The van der Waals surface area contributed by atoms with Crippen LogP contribution >= 0.6 is 11.8 Å². The number of nitrogens with zero attached hydrogens (tertiary/aromatic N) is 3. The number of thioether (sulfide) groups is 1. The molecule has 0 saturated carbocycles. The van der Waals surface area contributed by atoms with Crippen LogP contribution < -0.4 is 4.74 Å². The molecule has 1 amide bonds. The zero-order valence-electron chi connectivity index (χ0n) is 17.1. The van der Waals surface area contributed by atoms with E-state index in [9.17, 15) is 4.79 Å². The summed E-state index contributed by atoms with van der Waals surface area (Å²) in [5.74, 6) is 1.54. The van der Waals surface area contributed by atoms with E-state index in [2.05, 4.69) is 23.8 Å². The van der Waals surface area contributed by atoms with E-state index in [-0.39, 0.29) is 17.9 Å². The zero-order chi connectivity index (χ0) is 20.6. The average molecular weight is 414 g/mol. The molecule has 0 aliphatic carbocycles. The first-order chi connectivity index (χ1) is 14.0. The number of amides is 1. The van der Waals surface area contributed by atoms with Gasteiger partial charge in [-0.05, 0) is 24.5 Å². The molecule has 0 bridgehead atoms. The molecule has 0 spiro atoms. The van der Waals surface area contributed by atoms with Gasteiger partial charge >= 0.3 is 0 Å². The lowest BCUT2D eigenvalue weighted by Crippen LogP contribution is -2.47. The second-order valence-electron chi connectivity index (χ2n) is 7.18. The number of aromatic nitrogens is 2. The van der Waals surface area contributed by atoms with E-state index in [0.717, 1.165) is 16.4 Å². The smallest absolute Gasteiger partial charge is 0.247 e. The number of morpholine rings is 1. The summed E-state index contributed by atoms with van der Waals surface area (Å²) < 4.78 is 11.6. The van der Waals surface area contributed by atoms with Gasteiger partial charge < -0.3 is 14.4 Å². The lowest BCUT2D eigenvalue weighted by atomic mass is 10.2. The van der Waals surface area contributed by atoms with Crippen LogP contribution in [0.15, 0.2) is 52.8 Å². The van der Waals surface area contributed by atoms with Crippen LogP contribution in [0.3, 0.4) is 0 Å². The number of hydrogen-bond donors (Lipinski definition) is 0. The number of rotatable bonds is 7. The van der Waals surface area contributed by atoms with E-state index in [1.54, 1.807) is 11.0 Å². The Bertz CT molecular complexity index is 842. The minimum Gasteiger partial charge on any atom is -0.475 e. The number of ether oxygens (including phenoxy) is 2. The fourth-order valence-electron chi connectivity index (χ4n) is 2.87. The monoisotopic (exact) mass is 413 g/mol. The highest BCUT2D eigenvalue weighted by Gasteiger charge is 2.24. The molecule has 1 unspecified atom stereocenters. The Kier molecular flexibility index (Phi) is 7.66. The van der Waals surface area contributed by atoms with Crippen molar-refractivity contribution in [1.29, 1.82) is 0 Å². The van der Waals surface area contributed by atoms with E-state index in [0.29, 0.717) is 32.2 Å². The summed E-state index contributed by atoms with van der Waals surface area (Å²) in [6, 6.07) is 11.8. The van der Waals surface area contributed by atoms with Gasteiger partial charge in [0, 0.05) is 35.2 Å². The third-order valence-corrected chi connectivity index (χ3v) is 5.21. The molecule has 1 aromatic heterocycles. The van der Waals surface area contributed by atoms with Gasteiger partial charge in [-0.25, -0.2) is 4.98 Å². The van der Waals surface area contributed by atoms with Crippen molar-refractivity contribution in [2.45, 2.75) is 37.7 Å². The van der Waals surface area contributed by atoms with Crippen LogP contribution in [0, 0.1) is 6.92 Å². The number of hydrogen-bond acceptors (Lipinski definition) is 6. The first kappa shape index (κ1) is 21.3. The van der Waals surface area contributed by atoms with Crippen molar-refractivity contribution in [1.82, 2.24) is 14.9 Å². The van der Waals surface area contributed by atoms with Crippen molar-refractivity contribution in [3.05, 3.63) is 59.4 Å². The van der Waals surface area contributed by atoms with Crippen LogP contribution in [0.4, 0.5) is 0 Å². The number of carbonyl (C=O) groups excluding carboxylic acids is 1. The van der Waals surface area contributed by atoms with Gasteiger partial charge in [0.2, 0.25) is 11.8 Å². The van der Waals surface area contributed by atoms with Gasteiger partial charge in [0.1, 0.15) is 18.5 Å². The average Bonchev–Trinajstić information content (AvgIpc) is 2.73. The Labute approximate surface area is 176 Å². The Hall–Kier alpha value is -2.38. The molecular weight excluding hydrogens is 386 g/mol. The maximum absolute atomic E-state index is 12.5. The topological polar surface area (TPSA) is 64.5 Å². The predicted molar refractivity (Wildman–Crippen MR) is 114 cm³/mol. The summed E-state index contributed by atoms with van der Waals surface area (Å²) in [7, 11) is 0. The van der Waals surface area contributed by atoms with Crippen LogP contribution in [0.1, 0.15) is 31.3 Å². The van der Waals surface area contributed by atoms with Crippen molar-refractivity contribution >= 4 is 17.7 Å². The maximum atomic E-state index is 12.5. The first-order valence-corrected chi connectivity index (χ1v) is 10.7. The SMILES string of the molecule is Cc1cc(OCC2CN(C(=O)C=CSc3ccccc3)CCO2)nc(C(C)C)n1. The van der Waals surface area contributed by atoms with Crippen LogP contribution in [-0.2, 0) is 9.53 Å². The van der Waals surface area contributed by atoms with E-state index < -0.39 is 0 Å². The number of aryl methyl sites for hydroxylation is 1. The van der Waals surface area contributed by atoms with Crippen LogP contribution in [0.5, 0.6) is 5.88 Å². The molecule has 2 aromatic rings. The molecule has 3 rings (SSSR count). The Balaban J connectivity index is 1.50. The summed E-state index contributed by atoms with van der Waals surface area (Å²) in [6.07, 6.45) is 1.43. The fourth-order valence-corrected chi connectivity index (χ4v) is 3.52. The number of carbonyl (C=O) groups is 1. The molecule has 2 heterocycles. The molecular formula is C22H27N3O3S. The summed E-state index contributed by atoms with van der Waals surface area (Å²) in [5, 5.41) is 1.83. The molecule has 29 heavy (non-hydrogen) atoms. The van der Waals surface area contributed by atoms with E-state index >= 15 is 0 Å². The summed E-state index contributed by atoms with van der Waals surface area (Å²) in [4.78, 5) is 24.3. The molecule has 1 aromatic carbocycles.